The van der Waals surface area contributed by atoms with Crippen LogP contribution in [-0.4, -0.2) is 35.9 Å². The number of carboxylic acids is 2. The molecule has 0 amide bonds. The minimum atomic E-state index is -2.00. The van der Waals surface area contributed by atoms with Gasteiger partial charge in [-0.05, 0) is 19.1 Å². The van der Waals surface area contributed by atoms with Gasteiger partial charge in [0.05, 0.1) is 7.11 Å². The van der Waals surface area contributed by atoms with Gasteiger partial charge in [-0.1, -0.05) is 12.1 Å². The Morgan fingerprint density at radius 2 is 1.67 bits per heavy atom. The number of aliphatic carboxylic acids is 2. The lowest BCUT2D eigenvalue weighted by Crippen LogP contribution is -2.41. The van der Waals surface area contributed by atoms with E-state index in [4.69, 9.17) is 19.7 Å². The molecule has 0 aliphatic carbocycles. The molecule has 0 saturated carbocycles. The van der Waals surface area contributed by atoms with Crippen LogP contribution in [-0.2, 0) is 9.59 Å². The van der Waals surface area contributed by atoms with Crippen LogP contribution in [0.5, 0.6) is 11.5 Å². The summed E-state index contributed by atoms with van der Waals surface area (Å²) in [6.45, 7) is 0.602. The van der Waals surface area contributed by atoms with E-state index in [2.05, 4.69) is 0 Å². The first-order chi connectivity index (χ1) is 8.41. The van der Waals surface area contributed by atoms with Gasteiger partial charge in [-0.2, -0.15) is 0 Å². The molecular formula is C12H14O6. The molecule has 0 aliphatic rings. The smallest absolute Gasteiger partial charge is 0.324 e. The lowest BCUT2D eigenvalue weighted by Gasteiger charge is -2.20. The average molecular weight is 254 g/mol. The molecule has 0 fully saturated rings. The van der Waals surface area contributed by atoms with Crippen LogP contribution >= 0.6 is 0 Å². The third-order valence-corrected chi connectivity index (χ3v) is 2.53. The monoisotopic (exact) mass is 254 g/mol. The van der Waals surface area contributed by atoms with Gasteiger partial charge in [-0.3, -0.25) is 9.59 Å². The second-order valence-corrected chi connectivity index (χ2v) is 3.88. The average Bonchev–Trinajstić information content (AvgIpc) is 2.35. The first-order valence-electron chi connectivity index (χ1n) is 5.14. The van der Waals surface area contributed by atoms with E-state index in [0.717, 1.165) is 6.92 Å². The number of carbonyl (C=O) groups is 2. The fourth-order valence-corrected chi connectivity index (χ4v) is 1.18. The number of para-hydroxylation sites is 2. The quantitative estimate of drug-likeness (QED) is 0.742. The van der Waals surface area contributed by atoms with Crippen LogP contribution in [0.25, 0.3) is 0 Å². The summed E-state index contributed by atoms with van der Waals surface area (Å²) in [5.41, 5.74) is -2.00. The number of carboxylic acid groups (broad SMARTS) is 2. The maximum Gasteiger partial charge on any atom is 0.324 e. The maximum absolute atomic E-state index is 10.9. The number of methoxy groups -OCH3 is 1. The zero-order valence-corrected chi connectivity index (χ0v) is 10.0. The van der Waals surface area contributed by atoms with Gasteiger partial charge in [0.2, 0.25) is 0 Å². The third-order valence-electron chi connectivity index (χ3n) is 2.53. The Morgan fingerprint density at radius 3 is 2.11 bits per heavy atom. The summed E-state index contributed by atoms with van der Waals surface area (Å²) in [6.07, 6.45) is 0. The maximum atomic E-state index is 10.9. The van der Waals surface area contributed by atoms with E-state index in [0.29, 0.717) is 11.5 Å². The molecule has 0 heterocycles. The highest BCUT2D eigenvalue weighted by molar-refractivity contribution is 5.97. The normalized spacial score (nSPS) is 10.8. The van der Waals surface area contributed by atoms with Crippen molar-refractivity contribution in [2.45, 2.75) is 6.92 Å². The Kier molecular flexibility index (Phi) is 4.14. The Balaban J connectivity index is 2.86. The van der Waals surface area contributed by atoms with Crippen molar-refractivity contribution < 1.29 is 29.3 Å². The van der Waals surface area contributed by atoms with Gasteiger partial charge in [0, 0.05) is 0 Å². The molecular weight excluding hydrogens is 240 g/mol. The number of benzene rings is 1. The number of hydrogen-bond donors (Lipinski definition) is 2. The Bertz CT molecular complexity index is 440. The summed E-state index contributed by atoms with van der Waals surface area (Å²) in [6, 6.07) is 6.60. The molecule has 0 aliphatic heterocycles. The van der Waals surface area contributed by atoms with E-state index >= 15 is 0 Å². The molecule has 0 radical (unpaired) electrons. The van der Waals surface area contributed by atoms with Crippen LogP contribution in [0.2, 0.25) is 0 Å². The molecule has 98 valence electrons. The largest absolute Gasteiger partial charge is 0.493 e. The zero-order valence-electron chi connectivity index (χ0n) is 10.0. The summed E-state index contributed by atoms with van der Waals surface area (Å²) in [4.78, 5) is 21.9. The fraction of sp³-hybridized carbons (Fsp3) is 0.333. The van der Waals surface area contributed by atoms with E-state index in [1.807, 2.05) is 0 Å². The highest BCUT2D eigenvalue weighted by Gasteiger charge is 2.43. The molecule has 0 saturated heterocycles. The SMILES string of the molecule is COc1ccccc1OCC(C)(C(=O)O)C(=O)O. The summed E-state index contributed by atoms with van der Waals surface area (Å²) >= 11 is 0. The highest BCUT2D eigenvalue weighted by atomic mass is 16.5. The molecule has 0 atom stereocenters. The van der Waals surface area contributed by atoms with E-state index in [9.17, 15) is 9.59 Å². The second kappa shape index (κ2) is 5.39. The molecule has 0 unspecified atom stereocenters. The predicted molar refractivity (Wildman–Crippen MR) is 61.9 cm³/mol. The van der Waals surface area contributed by atoms with Crippen LogP contribution < -0.4 is 9.47 Å². The lowest BCUT2D eigenvalue weighted by atomic mass is 9.92. The fourth-order valence-electron chi connectivity index (χ4n) is 1.18. The van der Waals surface area contributed by atoms with Gasteiger partial charge < -0.3 is 19.7 Å². The van der Waals surface area contributed by atoms with Gasteiger partial charge in [-0.15, -0.1) is 0 Å². The van der Waals surface area contributed by atoms with E-state index < -0.39 is 24.0 Å². The molecule has 1 aromatic carbocycles. The molecule has 18 heavy (non-hydrogen) atoms. The van der Waals surface area contributed by atoms with Crippen molar-refractivity contribution in [2.75, 3.05) is 13.7 Å². The van der Waals surface area contributed by atoms with Crippen molar-refractivity contribution in [3.05, 3.63) is 24.3 Å². The first-order valence-corrected chi connectivity index (χ1v) is 5.14. The molecule has 0 aromatic heterocycles. The van der Waals surface area contributed by atoms with Crippen LogP contribution in [0, 0.1) is 5.41 Å². The lowest BCUT2D eigenvalue weighted by molar-refractivity contribution is -0.165. The number of rotatable bonds is 6. The van der Waals surface area contributed by atoms with Gasteiger partial charge in [0.1, 0.15) is 6.61 Å². The van der Waals surface area contributed by atoms with E-state index in [1.165, 1.54) is 7.11 Å². The molecule has 6 heteroatoms. The van der Waals surface area contributed by atoms with E-state index in [-0.39, 0.29) is 0 Å². The van der Waals surface area contributed by atoms with Crippen molar-refractivity contribution in [3.8, 4) is 11.5 Å². The summed E-state index contributed by atoms with van der Waals surface area (Å²) < 4.78 is 10.2. The Hall–Kier alpha value is -2.24. The first kappa shape index (κ1) is 13.8. The van der Waals surface area contributed by atoms with Crippen LogP contribution in [0.3, 0.4) is 0 Å². The molecule has 1 rings (SSSR count). The van der Waals surface area contributed by atoms with Crippen molar-refractivity contribution in [2.24, 2.45) is 5.41 Å². The summed E-state index contributed by atoms with van der Waals surface area (Å²) in [5.74, 6) is -2.20. The standard InChI is InChI=1S/C12H14O6/c1-12(10(13)14,11(15)16)7-18-9-6-4-3-5-8(9)17-2/h3-6H,7H2,1-2H3,(H,13,14)(H,15,16). The number of ether oxygens (including phenoxy) is 2. The third kappa shape index (κ3) is 2.71. The van der Waals surface area contributed by atoms with Crippen LogP contribution in [0.1, 0.15) is 6.92 Å². The van der Waals surface area contributed by atoms with Crippen LogP contribution in [0.4, 0.5) is 0 Å². The molecule has 2 N–H and O–H groups in total. The Labute approximate surface area is 104 Å². The minimum Gasteiger partial charge on any atom is -0.493 e. The molecule has 6 nitrogen and oxygen atoms in total. The van der Waals surface area contributed by atoms with Gasteiger partial charge in [-0.25, -0.2) is 0 Å². The highest BCUT2D eigenvalue weighted by Crippen LogP contribution is 2.28. The van der Waals surface area contributed by atoms with Gasteiger partial charge in [0.15, 0.2) is 16.9 Å². The van der Waals surface area contributed by atoms with Crippen LogP contribution in [0.15, 0.2) is 24.3 Å². The number of hydrogen-bond acceptors (Lipinski definition) is 4. The van der Waals surface area contributed by atoms with Crippen molar-refractivity contribution in [1.82, 2.24) is 0 Å². The minimum absolute atomic E-state index is 0.300. The van der Waals surface area contributed by atoms with Crippen molar-refractivity contribution >= 4 is 11.9 Å². The molecule has 1 aromatic rings. The zero-order chi connectivity index (χ0) is 13.8. The second-order valence-electron chi connectivity index (χ2n) is 3.88. The molecule has 0 bridgehead atoms. The Morgan fingerprint density at radius 1 is 1.17 bits per heavy atom. The van der Waals surface area contributed by atoms with Crippen molar-refractivity contribution in [3.63, 3.8) is 0 Å². The summed E-state index contributed by atoms with van der Waals surface area (Å²) in [7, 11) is 1.44. The van der Waals surface area contributed by atoms with E-state index in [1.54, 1.807) is 24.3 Å². The van der Waals surface area contributed by atoms with Gasteiger partial charge in [0.25, 0.3) is 0 Å². The topological polar surface area (TPSA) is 93.1 Å². The summed E-state index contributed by atoms with van der Waals surface area (Å²) in [5, 5.41) is 17.8. The molecule has 0 spiro atoms. The predicted octanol–water partition coefficient (Wildman–Crippen LogP) is 1.25. The van der Waals surface area contributed by atoms with Gasteiger partial charge >= 0.3 is 11.9 Å². The van der Waals surface area contributed by atoms with Crippen molar-refractivity contribution in [1.29, 1.82) is 0 Å².